The molecule has 0 aliphatic heterocycles. The first-order valence-electron chi connectivity index (χ1n) is 2.64. The molecule has 0 aromatic carbocycles. The van der Waals surface area contributed by atoms with Crippen molar-refractivity contribution in [3.05, 3.63) is 0 Å². The van der Waals surface area contributed by atoms with E-state index in [0.29, 0.717) is 4.43 Å². The van der Waals surface area contributed by atoms with E-state index in [1.54, 1.807) is 0 Å². The lowest BCUT2D eigenvalue weighted by Gasteiger charge is -2.01. The van der Waals surface area contributed by atoms with Crippen LogP contribution in [0, 0.1) is 0 Å². The Bertz CT molecular complexity index is 148. The van der Waals surface area contributed by atoms with Gasteiger partial charge in [-0.25, -0.2) is 0 Å². The monoisotopic (exact) mass is 257 g/mol. The van der Waals surface area contributed by atoms with Crippen molar-refractivity contribution in [2.45, 2.75) is 12.5 Å². The number of carbonyl (C=O) groups excluding carboxylic acids is 1. The maximum atomic E-state index is 10.6. The maximum Gasteiger partial charge on any atom is 0.320 e. The third-order valence-corrected chi connectivity index (χ3v) is 1.76. The minimum absolute atomic E-state index is 0.0712. The van der Waals surface area contributed by atoms with Crippen LogP contribution in [0.3, 0.4) is 0 Å². The lowest BCUT2D eigenvalue weighted by atomic mass is 10.2. The summed E-state index contributed by atoms with van der Waals surface area (Å²) in [4.78, 5) is 20.6. The number of aliphatic carboxylic acids is 1. The lowest BCUT2D eigenvalue weighted by molar-refractivity contribution is -0.140. The van der Waals surface area contributed by atoms with Gasteiger partial charge in [0.1, 0.15) is 11.8 Å². The highest BCUT2D eigenvalue weighted by molar-refractivity contribution is 14.1. The van der Waals surface area contributed by atoms with Crippen LogP contribution in [0.15, 0.2) is 0 Å². The van der Waals surface area contributed by atoms with E-state index in [1.165, 1.54) is 0 Å². The van der Waals surface area contributed by atoms with Crippen LogP contribution >= 0.6 is 22.6 Å². The highest BCUT2D eigenvalue weighted by atomic mass is 127. The summed E-state index contributed by atoms with van der Waals surface area (Å²) < 4.78 is 0.318. The normalized spacial score (nSPS) is 12.6. The molecule has 0 aliphatic rings. The van der Waals surface area contributed by atoms with E-state index < -0.39 is 12.0 Å². The molecule has 0 saturated carbocycles. The second kappa shape index (κ2) is 4.62. The van der Waals surface area contributed by atoms with Crippen LogP contribution in [0.2, 0.25) is 0 Å². The van der Waals surface area contributed by atoms with E-state index in [0.717, 1.165) is 0 Å². The second-order valence-electron chi connectivity index (χ2n) is 1.82. The molecule has 3 N–H and O–H groups in total. The molecule has 0 unspecified atom stereocenters. The average molecular weight is 257 g/mol. The van der Waals surface area contributed by atoms with Crippen molar-refractivity contribution in [2.75, 3.05) is 4.43 Å². The molecule has 0 fully saturated rings. The van der Waals surface area contributed by atoms with Crippen molar-refractivity contribution in [3.63, 3.8) is 0 Å². The fourth-order valence-corrected chi connectivity index (χ4v) is 0.699. The van der Waals surface area contributed by atoms with Crippen molar-refractivity contribution >= 4 is 34.3 Å². The molecule has 0 rings (SSSR count). The van der Waals surface area contributed by atoms with E-state index in [4.69, 9.17) is 10.8 Å². The van der Waals surface area contributed by atoms with Gasteiger partial charge in [-0.1, -0.05) is 22.6 Å². The Labute approximate surface area is 71.9 Å². The third kappa shape index (κ3) is 3.78. The Morgan fingerprint density at radius 1 is 1.60 bits per heavy atom. The molecule has 0 radical (unpaired) electrons. The molecule has 58 valence electrons. The number of hydrogen-bond donors (Lipinski definition) is 2. The predicted molar refractivity (Wildman–Crippen MR) is 44.1 cm³/mol. The Hall–Kier alpha value is -0.170. The smallest absolute Gasteiger partial charge is 0.320 e. The molecular formula is C5H8INO3. The summed E-state index contributed by atoms with van der Waals surface area (Å²) in [6, 6.07) is -1.04. The van der Waals surface area contributed by atoms with Gasteiger partial charge in [-0.2, -0.15) is 0 Å². The summed E-state index contributed by atoms with van der Waals surface area (Å²) >= 11 is 1.87. The zero-order chi connectivity index (χ0) is 8.15. The predicted octanol–water partition coefficient (Wildman–Crippen LogP) is -0.208. The molecule has 0 aromatic heterocycles. The molecule has 5 heteroatoms. The zero-order valence-corrected chi connectivity index (χ0v) is 7.37. The molecule has 0 spiro atoms. The van der Waals surface area contributed by atoms with Crippen LogP contribution in [-0.4, -0.2) is 27.3 Å². The highest BCUT2D eigenvalue weighted by Gasteiger charge is 2.14. The van der Waals surface area contributed by atoms with Crippen LogP contribution in [-0.2, 0) is 9.59 Å². The van der Waals surface area contributed by atoms with Gasteiger partial charge in [-0.05, 0) is 0 Å². The number of nitrogens with two attached hydrogens (primary N) is 1. The van der Waals surface area contributed by atoms with Crippen molar-refractivity contribution in [1.82, 2.24) is 0 Å². The van der Waals surface area contributed by atoms with E-state index in [2.05, 4.69) is 0 Å². The fourth-order valence-electron chi connectivity index (χ4n) is 0.387. The van der Waals surface area contributed by atoms with Gasteiger partial charge in [0.15, 0.2) is 0 Å². The molecule has 0 heterocycles. The number of carbonyl (C=O) groups is 2. The Morgan fingerprint density at radius 2 is 2.10 bits per heavy atom. The average Bonchev–Trinajstić information content (AvgIpc) is 1.87. The van der Waals surface area contributed by atoms with Gasteiger partial charge < -0.3 is 10.8 Å². The summed E-state index contributed by atoms with van der Waals surface area (Å²) in [7, 11) is 0. The van der Waals surface area contributed by atoms with Crippen molar-refractivity contribution < 1.29 is 14.7 Å². The second-order valence-corrected chi connectivity index (χ2v) is 2.58. The number of hydrogen-bond acceptors (Lipinski definition) is 3. The van der Waals surface area contributed by atoms with Gasteiger partial charge in [-0.15, -0.1) is 0 Å². The molecular weight excluding hydrogens is 249 g/mol. The quantitative estimate of drug-likeness (QED) is 0.539. The molecule has 0 bridgehead atoms. The fraction of sp³-hybridized carbons (Fsp3) is 0.600. The van der Waals surface area contributed by atoms with E-state index in [9.17, 15) is 9.59 Å². The lowest BCUT2D eigenvalue weighted by Crippen LogP contribution is -2.32. The SMILES string of the molecule is N[C@@H](CC(=O)CI)C(=O)O. The number of Topliss-reactive ketones (excluding diaryl/α,β-unsaturated/α-hetero) is 1. The number of halogens is 1. The molecule has 10 heavy (non-hydrogen) atoms. The highest BCUT2D eigenvalue weighted by Crippen LogP contribution is 1.93. The van der Waals surface area contributed by atoms with Gasteiger partial charge in [0.05, 0.1) is 4.43 Å². The van der Waals surface area contributed by atoms with Crippen molar-refractivity contribution in [3.8, 4) is 0 Å². The summed E-state index contributed by atoms with van der Waals surface area (Å²) in [6.45, 7) is 0. The molecule has 4 nitrogen and oxygen atoms in total. The standard InChI is InChI=1S/C5H8INO3/c6-2-3(8)1-4(7)5(9)10/h4H,1-2,7H2,(H,9,10)/t4-/m0/s1. The van der Waals surface area contributed by atoms with Crippen molar-refractivity contribution in [2.24, 2.45) is 5.73 Å². The largest absolute Gasteiger partial charge is 0.480 e. The maximum absolute atomic E-state index is 10.6. The van der Waals surface area contributed by atoms with Crippen LogP contribution in [0.5, 0.6) is 0 Å². The number of carboxylic acid groups (broad SMARTS) is 1. The Balaban J connectivity index is 3.68. The zero-order valence-electron chi connectivity index (χ0n) is 5.21. The first-order chi connectivity index (χ1) is 4.57. The number of carboxylic acids is 1. The Kier molecular flexibility index (Phi) is 4.54. The van der Waals surface area contributed by atoms with E-state index in [1.807, 2.05) is 22.6 Å². The Morgan fingerprint density at radius 3 is 2.40 bits per heavy atom. The summed E-state index contributed by atoms with van der Waals surface area (Å²) in [5.41, 5.74) is 5.07. The van der Waals surface area contributed by atoms with Crippen molar-refractivity contribution in [1.29, 1.82) is 0 Å². The molecule has 0 saturated heterocycles. The van der Waals surface area contributed by atoms with Crippen LogP contribution in [0.25, 0.3) is 0 Å². The van der Waals surface area contributed by atoms with Crippen LogP contribution < -0.4 is 5.73 Å². The topological polar surface area (TPSA) is 80.4 Å². The molecule has 1 atom stereocenters. The summed E-state index contributed by atoms with van der Waals surface area (Å²) in [5.74, 6) is -1.26. The molecule has 0 aromatic rings. The first kappa shape index (κ1) is 9.83. The van der Waals surface area contributed by atoms with E-state index in [-0.39, 0.29) is 12.2 Å². The molecule has 0 aliphatic carbocycles. The van der Waals surface area contributed by atoms with Gasteiger partial charge in [0, 0.05) is 6.42 Å². The van der Waals surface area contributed by atoms with E-state index >= 15 is 0 Å². The third-order valence-electron chi connectivity index (χ3n) is 0.914. The van der Waals surface area contributed by atoms with Gasteiger partial charge in [0.25, 0.3) is 0 Å². The first-order valence-corrected chi connectivity index (χ1v) is 4.16. The van der Waals surface area contributed by atoms with Crippen LogP contribution in [0.4, 0.5) is 0 Å². The minimum Gasteiger partial charge on any atom is -0.480 e. The molecule has 0 amide bonds. The summed E-state index contributed by atoms with van der Waals surface area (Å²) in [6.07, 6.45) is -0.0712. The van der Waals surface area contributed by atoms with Gasteiger partial charge in [-0.3, -0.25) is 9.59 Å². The number of alkyl halides is 1. The number of rotatable bonds is 4. The summed E-state index contributed by atoms with van der Waals surface area (Å²) in [5, 5.41) is 8.25. The number of ketones is 1. The van der Waals surface area contributed by atoms with Gasteiger partial charge >= 0.3 is 5.97 Å². The minimum atomic E-state index is -1.13. The van der Waals surface area contributed by atoms with Crippen LogP contribution in [0.1, 0.15) is 6.42 Å². The van der Waals surface area contributed by atoms with Gasteiger partial charge in [0.2, 0.25) is 0 Å².